The average Bonchev–Trinajstić information content (AvgIpc) is 2.30. The number of hydrogen-bond donors (Lipinski definition) is 2. The minimum absolute atomic E-state index is 0.0797. The second kappa shape index (κ2) is 6.90. The molecule has 1 aromatic rings. The summed E-state index contributed by atoms with van der Waals surface area (Å²) in [7, 11) is -3.80. The van der Waals surface area contributed by atoms with Gasteiger partial charge in [-0.15, -0.1) is 0 Å². The van der Waals surface area contributed by atoms with Crippen LogP contribution in [0.3, 0.4) is 0 Å². The van der Waals surface area contributed by atoms with Crippen molar-refractivity contribution in [2.75, 3.05) is 6.61 Å². The summed E-state index contributed by atoms with van der Waals surface area (Å²) >= 11 is 11.7. The summed E-state index contributed by atoms with van der Waals surface area (Å²) in [5.74, 6) is 0.259. The summed E-state index contributed by atoms with van der Waals surface area (Å²) in [6.07, 6.45) is 0.536. The van der Waals surface area contributed by atoms with Crippen molar-refractivity contribution in [3.63, 3.8) is 0 Å². The van der Waals surface area contributed by atoms with Gasteiger partial charge in [0.25, 0.3) is 0 Å². The van der Waals surface area contributed by atoms with E-state index in [9.17, 15) is 13.5 Å². The molecule has 0 radical (unpaired) electrons. The monoisotopic (exact) mass is 325 g/mol. The third-order valence-corrected chi connectivity index (χ3v) is 4.72. The number of rotatable bonds is 6. The predicted molar refractivity (Wildman–Crippen MR) is 77.1 cm³/mol. The maximum Gasteiger partial charge on any atom is 0.242 e. The number of halogens is 2. The smallest absolute Gasteiger partial charge is 0.242 e. The third kappa shape index (κ3) is 4.93. The molecule has 0 fully saturated rings. The molecule has 0 saturated carbocycles. The van der Waals surface area contributed by atoms with Gasteiger partial charge < -0.3 is 5.11 Å². The molecule has 0 aliphatic rings. The van der Waals surface area contributed by atoms with Crippen LogP contribution in [0.1, 0.15) is 20.3 Å². The van der Waals surface area contributed by atoms with Crippen LogP contribution in [-0.4, -0.2) is 26.2 Å². The minimum atomic E-state index is -3.80. The molecule has 0 spiro atoms. The van der Waals surface area contributed by atoms with E-state index >= 15 is 0 Å². The number of benzene rings is 1. The van der Waals surface area contributed by atoms with Gasteiger partial charge in [0.2, 0.25) is 10.0 Å². The van der Waals surface area contributed by atoms with Crippen LogP contribution in [0.2, 0.25) is 10.0 Å². The Kier molecular flexibility index (Phi) is 6.08. The van der Waals surface area contributed by atoms with E-state index in [-0.39, 0.29) is 27.5 Å². The van der Waals surface area contributed by atoms with Crippen LogP contribution in [0.5, 0.6) is 0 Å². The van der Waals surface area contributed by atoms with Crippen molar-refractivity contribution in [2.45, 2.75) is 31.2 Å². The molecule has 4 nitrogen and oxygen atoms in total. The molecular formula is C12H17Cl2NO3S. The SMILES string of the molecule is CC(C)CC(CO)NS(=O)(=O)c1cc(Cl)ccc1Cl. The number of aliphatic hydroxyl groups excluding tert-OH is 1. The van der Waals surface area contributed by atoms with E-state index in [1.54, 1.807) is 0 Å². The molecule has 0 aromatic heterocycles. The fraction of sp³-hybridized carbons (Fsp3) is 0.500. The van der Waals surface area contributed by atoms with Crippen molar-refractivity contribution in [2.24, 2.45) is 5.92 Å². The number of hydrogen-bond acceptors (Lipinski definition) is 3. The highest BCUT2D eigenvalue weighted by atomic mass is 35.5. The zero-order chi connectivity index (χ0) is 14.6. The highest BCUT2D eigenvalue weighted by Gasteiger charge is 2.23. The fourth-order valence-corrected chi connectivity index (χ4v) is 3.70. The van der Waals surface area contributed by atoms with Crippen molar-refractivity contribution < 1.29 is 13.5 Å². The molecule has 1 unspecified atom stereocenters. The summed E-state index contributed by atoms with van der Waals surface area (Å²) in [6, 6.07) is 3.69. The first-order chi connectivity index (χ1) is 8.76. The summed E-state index contributed by atoms with van der Waals surface area (Å²) in [6.45, 7) is 3.63. The van der Waals surface area contributed by atoms with E-state index in [0.29, 0.717) is 6.42 Å². The Hall–Kier alpha value is -0.330. The van der Waals surface area contributed by atoms with E-state index < -0.39 is 16.1 Å². The first-order valence-corrected chi connectivity index (χ1v) is 8.08. The molecule has 0 aliphatic carbocycles. The highest BCUT2D eigenvalue weighted by molar-refractivity contribution is 7.89. The van der Waals surface area contributed by atoms with Gasteiger partial charge in [-0.2, -0.15) is 0 Å². The van der Waals surface area contributed by atoms with Gasteiger partial charge in [0.1, 0.15) is 4.90 Å². The Labute approximate surface area is 123 Å². The lowest BCUT2D eigenvalue weighted by Gasteiger charge is -2.18. The second-order valence-corrected chi connectivity index (χ2v) is 7.23. The van der Waals surface area contributed by atoms with Gasteiger partial charge in [-0.05, 0) is 30.5 Å². The number of sulfonamides is 1. The van der Waals surface area contributed by atoms with Gasteiger partial charge in [-0.3, -0.25) is 0 Å². The Morgan fingerprint density at radius 3 is 2.47 bits per heavy atom. The summed E-state index contributed by atoms with van der Waals surface area (Å²) in [5.41, 5.74) is 0. The zero-order valence-electron chi connectivity index (χ0n) is 10.7. The molecule has 0 saturated heterocycles. The lowest BCUT2D eigenvalue weighted by molar-refractivity contribution is 0.240. The van der Waals surface area contributed by atoms with E-state index in [1.807, 2.05) is 13.8 Å². The van der Waals surface area contributed by atoms with Crippen LogP contribution in [-0.2, 0) is 10.0 Å². The van der Waals surface area contributed by atoms with E-state index in [2.05, 4.69) is 4.72 Å². The van der Waals surface area contributed by atoms with Crippen molar-refractivity contribution in [1.29, 1.82) is 0 Å². The molecule has 1 aromatic carbocycles. The average molecular weight is 326 g/mol. The van der Waals surface area contributed by atoms with Crippen molar-refractivity contribution in [3.05, 3.63) is 28.2 Å². The first kappa shape index (κ1) is 16.7. The predicted octanol–water partition coefficient (Wildman–Crippen LogP) is 2.68. The molecule has 0 aliphatic heterocycles. The van der Waals surface area contributed by atoms with Crippen LogP contribution in [0.4, 0.5) is 0 Å². The van der Waals surface area contributed by atoms with Crippen LogP contribution in [0.15, 0.2) is 23.1 Å². The highest BCUT2D eigenvalue weighted by Crippen LogP contribution is 2.25. The standard InChI is InChI=1S/C12H17Cl2NO3S/c1-8(2)5-10(7-16)15-19(17,18)12-6-9(13)3-4-11(12)14/h3-4,6,8,10,15-16H,5,7H2,1-2H3. The van der Waals surface area contributed by atoms with Gasteiger partial charge in [0, 0.05) is 11.1 Å². The Morgan fingerprint density at radius 2 is 1.95 bits per heavy atom. The maximum absolute atomic E-state index is 12.2. The lowest BCUT2D eigenvalue weighted by Crippen LogP contribution is -2.38. The molecule has 19 heavy (non-hydrogen) atoms. The van der Waals surface area contributed by atoms with Crippen LogP contribution >= 0.6 is 23.2 Å². The van der Waals surface area contributed by atoms with Crippen LogP contribution in [0, 0.1) is 5.92 Å². The number of nitrogens with one attached hydrogen (secondary N) is 1. The Balaban J connectivity index is 3.00. The fourth-order valence-electron chi connectivity index (χ4n) is 1.69. The molecular weight excluding hydrogens is 309 g/mol. The van der Waals surface area contributed by atoms with Gasteiger partial charge in [0.05, 0.1) is 11.6 Å². The molecule has 0 bridgehead atoms. The summed E-state index contributed by atoms with van der Waals surface area (Å²) in [4.78, 5) is -0.0797. The van der Waals surface area contributed by atoms with Crippen molar-refractivity contribution >= 4 is 33.2 Å². The molecule has 108 valence electrons. The lowest BCUT2D eigenvalue weighted by atomic mass is 10.1. The molecule has 1 rings (SSSR count). The van der Waals surface area contributed by atoms with Crippen LogP contribution in [0.25, 0.3) is 0 Å². The topological polar surface area (TPSA) is 66.4 Å². The Morgan fingerprint density at radius 1 is 1.32 bits per heavy atom. The van der Waals surface area contributed by atoms with Gasteiger partial charge >= 0.3 is 0 Å². The van der Waals surface area contributed by atoms with E-state index in [4.69, 9.17) is 23.2 Å². The van der Waals surface area contributed by atoms with Crippen molar-refractivity contribution in [1.82, 2.24) is 4.72 Å². The minimum Gasteiger partial charge on any atom is -0.395 e. The molecule has 0 heterocycles. The van der Waals surface area contributed by atoms with Gasteiger partial charge in [-0.25, -0.2) is 13.1 Å². The normalized spacial score (nSPS) is 13.8. The Bertz CT molecular complexity index is 532. The third-order valence-electron chi connectivity index (χ3n) is 2.48. The summed E-state index contributed by atoms with van der Waals surface area (Å²) < 4.78 is 26.8. The summed E-state index contributed by atoms with van der Waals surface area (Å²) in [5, 5.41) is 9.60. The molecule has 0 amide bonds. The molecule has 1 atom stereocenters. The first-order valence-electron chi connectivity index (χ1n) is 5.84. The second-order valence-electron chi connectivity index (χ2n) is 4.71. The van der Waals surface area contributed by atoms with Crippen LogP contribution < -0.4 is 4.72 Å². The van der Waals surface area contributed by atoms with E-state index in [1.165, 1.54) is 18.2 Å². The van der Waals surface area contributed by atoms with Gasteiger partial charge in [0.15, 0.2) is 0 Å². The molecule has 2 N–H and O–H groups in total. The quantitative estimate of drug-likeness (QED) is 0.845. The largest absolute Gasteiger partial charge is 0.395 e. The zero-order valence-corrected chi connectivity index (χ0v) is 13.1. The number of aliphatic hydroxyl groups is 1. The molecule has 7 heteroatoms. The van der Waals surface area contributed by atoms with Gasteiger partial charge in [-0.1, -0.05) is 37.0 Å². The van der Waals surface area contributed by atoms with Crippen molar-refractivity contribution in [3.8, 4) is 0 Å². The maximum atomic E-state index is 12.2. The van der Waals surface area contributed by atoms with E-state index in [0.717, 1.165) is 0 Å².